The quantitative estimate of drug-likeness (QED) is 0.515. The minimum Gasteiger partial charge on any atom is -0.294 e. The van der Waals surface area contributed by atoms with Crippen molar-refractivity contribution in [2.75, 3.05) is 0 Å². The summed E-state index contributed by atoms with van der Waals surface area (Å²) >= 11 is 0. The number of carbonyl (C=O) groups excluding carboxylic acids is 1. The summed E-state index contributed by atoms with van der Waals surface area (Å²) in [6.45, 7) is 3.86. The first-order valence-corrected chi connectivity index (χ1v) is 2.54. The first kappa shape index (κ1) is 6.63. The summed E-state index contributed by atoms with van der Waals surface area (Å²) in [5, 5.41) is 0. The van der Waals surface area contributed by atoms with E-state index < -0.39 is 0 Å². The number of hydrogen-bond donors (Lipinski definition) is 1. The van der Waals surface area contributed by atoms with Crippen molar-refractivity contribution in [2.24, 2.45) is 5.92 Å². The van der Waals surface area contributed by atoms with Gasteiger partial charge >= 0.3 is 5.91 Å². The van der Waals surface area contributed by atoms with Crippen LogP contribution in [0.15, 0.2) is 0 Å². The van der Waals surface area contributed by atoms with Gasteiger partial charge in [-0.3, -0.25) is 5.73 Å². The van der Waals surface area contributed by atoms with Gasteiger partial charge in [0.05, 0.1) is 5.92 Å². The van der Waals surface area contributed by atoms with Crippen LogP contribution in [0.25, 0.3) is 0 Å². The van der Waals surface area contributed by atoms with Crippen LogP contribution in [0.2, 0.25) is 0 Å². The Labute approximate surface area is 43.7 Å². The van der Waals surface area contributed by atoms with Crippen LogP contribution in [0.5, 0.6) is 0 Å². The molecule has 0 aliphatic heterocycles. The van der Waals surface area contributed by atoms with Gasteiger partial charge in [-0.15, -0.1) is 0 Å². The zero-order valence-electron chi connectivity index (χ0n) is 4.90. The van der Waals surface area contributed by atoms with Gasteiger partial charge in [-0.25, -0.2) is 4.79 Å². The van der Waals surface area contributed by atoms with E-state index in [2.05, 4.69) is 5.73 Å². The number of amides is 1. The Morgan fingerprint density at radius 1 is 1.86 bits per heavy atom. The van der Waals surface area contributed by atoms with E-state index in [9.17, 15) is 4.79 Å². The largest absolute Gasteiger partial charge is 0.311 e. The Kier molecular flexibility index (Phi) is 2.60. The highest BCUT2D eigenvalue weighted by atomic mass is 16.1. The van der Waals surface area contributed by atoms with E-state index >= 15 is 0 Å². The minimum atomic E-state index is 0.0440. The second-order valence-corrected chi connectivity index (χ2v) is 1.78. The molecule has 0 aromatic carbocycles. The van der Waals surface area contributed by atoms with Gasteiger partial charge in [0.1, 0.15) is 0 Å². The maximum absolute atomic E-state index is 10.3. The SMILES string of the molecule is CCC(C)C([NH3+])=O. The van der Waals surface area contributed by atoms with Crippen molar-refractivity contribution in [3.8, 4) is 0 Å². The highest BCUT2D eigenvalue weighted by molar-refractivity contribution is 5.66. The summed E-state index contributed by atoms with van der Waals surface area (Å²) in [5.74, 6) is 0.197. The summed E-state index contributed by atoms with van der Waals surface area (Å²) in [6.07, 6.45) is 0.905. The number of hydrogen-bond acceptors (Lipinski definition) is 1. The van der Waals surface area contributed by atoms with Gasteiger partial charge in [0.25, 0.3) is 0 Å². The Morgan fingerprint density at radius 3 is 2.29 bits per heavy atom. The van der Waals surface area contributed by atoms with Crippen molar-refractivity contribution >= 4 is 5.91 Å². The van der Waals surface area contributed by atoms with E-state index in [1.165, 1.54) is 0 Å². The molecule has 2 nitrogen and oxygen atoms in total. The van der Waals surface area contributed by atoms with Gasteiger partial charge in [-0.05, 0) is 13.3 Å². The molecule has 0 fully saturated rings. The number of quaternary nitrogens is 1. The van der Waals surface area contributed by atoms with Crippen molar-refractivity contribution in [1.82, 2.24) is 0 Å². The first-order valence-electron chi connectivity index (χ1n) is 2.54. The maximum atomic E-state index is 10.3. The first-order chi connectivity index (χ1) is 3.18. The third-order valence-electron chi connectivity index (χ3n) is 1.16. The average molecular weight is 102 g/mol. The molecule has 0 spiro atoms. The Hall–Kier alpha value is -0.370. The third-order valence-corrected chi connectivity index (χ3v) is 1.16. The lowest BCUT2D eigenvalue weighted by molar-refractivity contribution is -0.311. The highest BCUT2D eigenvalue weighted by Gasteiger charge is 2.06. The fourth-order valence-electron chi connectivity index (χ4n) is 0.228. The van der Waals surface area contributed by atoms with Gasteiger partial charge < -0.3 is 0 Å². The van der Waals surface area contributed by atoms with Crippen LogP contribution in [0.3, 0.4) is 0 Å². The third kappa shape index (κ3) is 2.34. The molecule has 0 radical (unpaired) electrons. The van der Waals surface area contributed by atoms with Crippen LogP contribution in [0, 0.1) is 5.92 Å². The molecule has 1 amide bonds. The molecule has 2 heteroatoms. The van der Waals surface area contributed by atoms with Crippen LogP contribution >= 0.6 is 0 Å². The average Bonchev–Trinajstić information content (AvgIpc) is 1.65. The molecular weight excluding hydrogens is 90.1 g/mol. The van der Waals surface area contributed by atoms with E-state index in [1.54, 1.807) is 0 Å². The smallest absolute Gasteiger partial charge is 0.294 e. The van der Waals surface area contributed by atoms with E-state index in [0.29, 0.717) is 0 Å². The van der Waals surface area contributed by atoms with Crippen molar-refractivity contribution < 1.29 is 10.5 Å². The summed E-state index contributed by atoms with van der Waals surface area (Å²) in [6, 6.07) is 0. The van der Waals surface area contributed by atoms with Gasteiger partial charge in [0, 0.05) is 0 Å². The van der Waals surface area contributed by atoms with Crippen molar-refractivity contribution in [3.05, 3.63) is 0 Å². The van der Waals surface area contributed by atoms with E-state index in [0.717, 1.165) is 6.42 Å². The lowest BCUT2D eigenvalue weighted by Crippen LogP contribution is -2.59. The Balaban J connectivity index is 3.34. The van der Waals surface area contributed by atoms with Crippen LogP contribution < -0.4 is 5.73 Å². The summed E-state index contributed by atoms with van der Waals surface area (Å²) in [5.41, 5.74) is 3.27. The molecule has 0 saturated carbocycles. The van der Waals surface area contributed by atoms with Crippen LogP contribution in [-0.2, 0) is 4.79 Å². The summed E-state index contributed by atoms with van der Waals surface area (Å²) in [7, 11) is 0. The molecule has 0 aliphatic rings. The predicted molar refractivity (Wildman–Crippen MR) is 27.4 cm³/mol. The molecule has 7 heavy (non-hydrogen) atoms. The number of rotatable bonds is 2. The van der Waals surface area contributed by atoms with Crippen LogP contribution in [0.4, 0.5) is 0 Å². The summed E-state index contributed by atoms with van der Waals surface area (Å²) in [4.78, 5) is 10.3. The van der Waals surface area contributed by atoms with Crippen LogP contribution in [-0.4, -0.2) is 5.91 Å². The fraction of sp³-hybridized carbons (Fsp3) is 0.800. The Bertz CT molecular complexity index is 70.5. The lowest BCUT2D eigenvalue weighted by atomic mass is 10.1. The molecule has 0 aliphatic carbocycles. The molecule has 0 rings (SSSR count). The zero-order chi connectivity index (χ0) is 5.86. The molecule has 1 unspecified atom stereocenters. The fourth-order valence-corrected chi connectivity index (χ4v) is 0.228. The zero-order valence-corrected chi connectivity index (χ0v) is 4.90. The number of carbonyl (C=O) groups is 1. The van der Waals surface area contributed by atoms with Crippen molar-refractivity contribution in [3.63, 3.8) is 0 Å². The maximum Gasteiger partial charge on any atom is 0.311 e. The van der Waals surface area contributed by atoms with E-state index in [4.69, 9.17) is 0 Å². The normalized spacial score (nSPS) is 13.6. The van der Waals surface area contributed by atoms with Gasteiger partial charge in [-0.2, -0.15) is 0 Å². The monoisotopic (exact) mass is 102 g/mol. The molecule has 0 aromatic rings. The molecule has 3 N–H and O–H groups in total. The van der Waals surface area contributed by atoms with Crippen molar-refractivity contribution in [1.29, 1.82) is 0 Å². The van der Waals surface area contributed by atoms with E-state index in [-0.39, 0.29) is 11.8 Å². The Morgan fingerprint density at radius 2 is 2.29 bits per heavy atom. The highest BCUT2D eigenvalue weighted by Crippen LogP contribution is 1.94. The molecule has 1 atom stereocenters. The van der Waals surface area contributed by atoms with Gasteiger partial charge in [-0.1, -0.05) is 6.92 Å². The predicted octanol–water partition coefficient (Wildman–Crippen LogP) is -0.199. The molecule has 42 valence electrons. The topological polar surface area (TPSA) is 44.7 Å². The molecule has 0 bridgehead atoms. The molecule has 0 saturated heterocycles. The van der Waals surface area contributed by atoms with Crippen molar-refractivity contribution in [2.45, 2.75) is 20.3 Å². The van der Waals surface area contributed by atoms with Gasteiger partial charge in [0.15, 0.2) is 0 Å². The second-order valence-electron chi connectivity index (χ2n) is 1.78. The van der Waals surface area contributed by atoms with Crippen LogP contribution in [0.1, 0.15) is 20.3 Å². The van der Waals surface area contributed by atoms with E-state index in [1.807, 2.05) is 13.8 Å². The summed E-state index contributed by atoms with van der Waals surface area (Å²) < 4.78 is 0. The van der Waals surface area contributed by atoms with Gasteiger partial charge in [0.2, 0.25) is 0 Å². The molecular formula is C5H12NO+. The second kappa shape index (κ2) is 2.75. The lowest BCUT2D eigenvalue weighted by Gasteiger charge is -1.94. The molecule has 0 aromatic heterocycles. The molecule has 0 heterocycles. The minimum absolute atomic E-state index is 0.0440. The standard InChI is InChI=1S/C5H11NO/c1-3-4(2)5(6)7/h4H,3H2,1-2H3,(H2,6,7)/p+1.